The maximum absolute atomic E-state index is 12.7. The van der Waals surface area contributed by atoms with Crippen LogP contribution in [-0.4, -0.2) is 60.2 Å². The summed E-state index contributed by atoms with van der Waals surface area (Å²) >= 11 is 1.52. The third-order valence-electron chi connectivity index (χ3n) is 5.91. The number of hydrogen-bond donors (Lipinski definition) is 1. The van der Waals surface area contributed by atoms with Crippen molar-refractivity contribution in [2.75, 3.05) is 13.1 Å². The predicted octanol–water partition coefficient (Wildman–Crippen LogP) is 1.30. The van der Waals surface area contributed by atoms with Gasteiger partial charge in [-0.3, -0.25) is 14.3 Å². The summed E-state index contributed by atoms with van der Waals surface area (Å²) in [4.78, 5) is 27.0. The third kappa shape index (κ3) is 3.63. The van der Waals surface area contributed by atoms with Crippen molar-refractivity contribution < 1.29 is 14.3 Å². The first-order chi connectivity index (χ1) is 15.1. The topological polar surface area (TPSA) is 107 Å². The van der Waals surface area contributed by atoms with Crippen molar-refractivity contribution in [1.82, 2.24) is 35.0 Å². The fourth-order valence-electron chi connectivity index (χ4n) is 4.20. The summed E-state index contributed by atoms with van der Waals surface area (Å²) in [5, 5.41) is 19.3. The number of aromatic nitrogens is 5. The highest BCUT2D eigenvalue weighted by Crippen LogP contribution is 2.33. The molecule has 0 aliphatic carbocycles. The average Bonchev–Trinajstić information content (AvgIpc) is 3.58. The Balaban J connectivity index is 1.23. The van der Waals surface area contributed by atoms with Gasteiger partial charge in [0.05, 0.1) is 37.5 Å². The van der Waals surface area contributed by atoms with E-state index in [1.165, 1.54) is 11.3 Å². The number of carbonyl (C=O) groups excluding carboxylic acids is 2. The second-order valence-corrected chi connectivity index (χ2v) is 8.60. The molecule has 162 valence electrons. The number of fused-ring (bicyclic) bond motifs is 1. The summed E-state index contributed by atoms with van der Waals surface area (Å²) in [5.74, 6) is -0.159. The molecule has 10 nitrogen and oxygen atoms in total. The van der Waals surface area contributed by atoms with E-state index in [4.69, 9.17) is 4.74 Å². The number of likely N-dealkylation sites (tertiary alicyclic amines) is 1. The molecule has 5 rings (SSSR count). The van der Waals surface area contributed by atoms with Crippen LogP contribution in [0.25, 0.3) is 0 Å². The Morgan fingerprint density at radius 1 is 1.32 bits per heavy atom. The second kappa shape index (κ2) is 7.89. The van der Waals surface area contributed by atoms with Crippen molar-refractivity contribution in [3.8, 4) is 0 Å². The molecule has 0 bridgehead atoms. The Morgan fingerprint density at radius 2 is 2.23 bits per heavy atom. The molecule has 11 heteroatoms. The molecule has 0 radical (unpaired) electrons. The number of amides is 2. The monoisotopic (exact) mass is 441 g/mol. The third-order valence-corrected chi connectivity index (χ3v) is 6.59. The van der Waals surface area contributed by atoms with Gasteiger partial charge < -0.3 is 15.0 Å². The molecule has 1 fully saturated rings. The standard InChI is InChI=1S/C20H23N7O3S/c1-2-26-16(3-6-22-26)18(28)21-9-15-17-10-30-20(13-27(17)24-23-15)5-7-25(12-20)19(29)14-4-8-31-11-14/h3-4,6,8,11H,2,5,7,9-10,12-13H2,1H3,(H,21,28). The SMILES string of the molecule is CCn1nccc1C(=O)NCc1nnn2c1COC1(CCN(C(=O)c3ccsc3)C1)C2. The van der Waals surface area contributed by atoms with Crippen molar-refractivity contribution in [3.63, 3.8) is 0 Å². The van der Waals surface area contributed by atoms with E-state index in [1.54, 1.807) is 16.9 Å². The number of rotatable bonds is 5. The molecular weight excluding hydrogens is 418 g/mol. The highest BCUT2D eigenvalue weighted by Gasteiger charge is 2.45. The van der Waals surface area contributed by atoms with Crippen molar-refractivity contribution in [3.05, 3.63) is 51.7 Å². The molecule has 2 amide bonds. The Bertz CT molecular complexity index is 1110. The zero-order valence-corrected chi connectivity index (χ0v) is 18.0. The number of ether oxygens (including phenoxy) is 1. The van der Waals surface area contributed by atoms with E-state index in [1.807, 2.05) is 33.3 Å². The number of aryl methyl sites for hydroxylation is 1. The number of nitrogens with zero attached hydrogens (tertiary/aromatic N) is 6. The van der Waals surface area contributed by atoms with E-state index < -0.39 is 5.60 Å². The minimum atomic E-state index is -0.444. The summed E-state index contributed by atoms with van der Waals surface area (Å²) in [6, 6.07) is 3.54. The molecule has 1 spiro atoms. The number of nitrogens with one attached hydrogen (secondary N) is 1. The van der Waals surface area contributed by atoms with Crippen molar-refractivity contribution >= 4 is 23.2 Å². The number of thiophene rings is 1. The van der Waals surface area contributed by atoms with Gasteiger partial charge in [-0.1, -0.05) is 5.21 Å². The number of hydrogen-bond acceptors (Lipinski definition) is 7. The summed E-state index contributed by atoms with van der Waals surface area (Å²) in [5.41, 5.74) is 2.34. The minimum Gasteiger partial charge on any atom is -0.365 e. The quantitative estimate of drug-likeness (QED) is 0.640. The van der Waals surface area contributed by atoms with E-state index in [2.05, 4.69) is 20.7 Å². The highest BCUT2D eigenvalue weighted by molar-refractivity contribution is 7.08. The van der Waals surface area contributed by atoms with E-state index in [9.17, 15) is 9.59 Å². The molecule has 0 aromatic carbocycles. The van der Waals surface area contributed by atoms with Crippen LogP contribution < -0.4 is 5.32 Å². The van der Waals surface area contributed by atoms with Crippen LogP contribution in [0, 0.1) is 0 Å². The second-order valence-electron chi connectivity index (χ2n) is 7.82. The smallest absolute Gasteiger partial charge is 0.269 e. The van der Waals surface area contributed by atoms with Crippen LogP contribution in [0.2, 0.25) is 0 Å². The Labute approximate surface area is 182 Å². The molecule has 1 N–H and O–H groups in total. The first-order valence-corrected chi connectivity index (χ1v) is 11.2. The molecule has 3 aromatic heterocycles. The van der Waals surface area contributed by atoms with E-state index >= 15 is 0 Å². The van der Waals surface area contributed by atoms with Crippen molar-refractivity contribution in [1.29, 1.82) is 0 Å². The van der Waals surface area contributed by atoms with Crippen molar-refractivity contribution in [2.24, 2.45) is 0 Å². The maximum Gasteiger partial charge on any atom is 0.269 e. The van der Waals surface area contributed by atoms with Gasteiger partial charge in [0, 0.05) is 24.7 Å². The van der Waals surface area contributed by atoms with Gasteiger partial charge in [-0.25, -0.2) is 4.68 Å². The van der Waals surface area contributed by atoms with Gasteiger partial charge >= 0.3 is 0 Å². The Hall–Kier alpha value is -3.05. The largest absolute Gasteiger partial charge is 0.365 e. The van der Waals surface area contributed by atoms with Crippen LogP contribution in [0.4, 0.5) is 0 Å². The lowest BCUT2D eigenvalue weighted by Gasteiger charge is -2.33. The van der Waals surface area contributed by atoms with Gasteiger partial charge in [0.2, 0.25) is 0 Å². The molecule has 3 aromatic rings. The van der Waals surface area contributed by atoms with Gasteiger partial charge in [0.15, 0.2) is 0 Å². The Morgan fingerprint density at radius 3 is 3.03 bits per heavy atom. The molecule has 5 heterocycles. The minimum absolute atomic E-state index is 0.0424. The lowest BCUT2D eigenvalue weighted by Crippen LogP contribution is -2.45. The Kier molecular flexibility index (Phi) is 5.06. The fourth-order valence-corrected chi connectivity index (χ4v) is 4.83. The zero-order valence-electron chi connectivity index (χ0n) is 17.2. The number of carbonyl (C=O) groups is 2. The maximum atomic E-state index is 12.7. The summed E-state index contributed by atoms with van der Waals surface area (Å²) < 4.78 is 9.74. The molecule has 1 unspecified atom stereocenters. The van der Waals surface area contributed by atoms with E-state index in [-0.39, 0.29) is 18.4 Å². The van der Waals surface area contributed by atoms with Crippen LogP contribution in [0.3, 0.4) is 0 Å². The van der Waals surface area contributed by atoms with Gasteiger partial charge in [-0.2, -0.15) is 16.4 Å². The van der Waals surface area contributed by atoms with Gasteiger partial charge in [-0.05, 0) is 30.9 Å². The molecule has 1 saturated heterocycles. The van der Waals surface area contributed by atoms with Crippen LogP contribution in [0.5, 0.6) is 0 Å². The normalized spacial score (nSPS) is 20.2. The molecule has 1 atom stereocenters. The van der Waals surface area contributed by atoms with Crippen LogP contribution in [0.15, 0.2) is 29.1 Å². The molecule has 31 heavy (non-hydrogen) atoms. The van der Waals surface area contributed by atoms with Crippen LogP contribution in [-0.2, 0) is 31.0 Å². The molecule has 2 aliphatic rings. The molecule has 0 saturated carbocycles. The van der Waals surface area contributed by atoms with E-state index in [0.717, 1.165) is 17.7 Å². The summed E-state index contributed by atoms with van der Waals surface area (Å²) in [7, 11) is 0. The molecular formula is C20H23N7O3S. The molecule has 2 aliphatic heterocycles. The lowest BCUT2D eigenvalue weighted by atomic mass is 10.0. The van der Waals surface area contributed by atoms with Gasteiger partial charge in [-0.15, -0.1) is 5.10 Å². The lowest BCUT2D eigenvalue weighted by molar-refractivity contribution is -0.0828. The predicted molar refractivity (Wildman–Crippen MR) is 111 cm³/mol. The highest BCUT2D eigenvalue weighted by atomic mass is 32.1. The van der Waals surface area contributed by atoms with Crippen LogP contribution >= 0.6 is 11.3 Å². The van der Waals surface area contributed by atoms with E-state index in [0.29, 0.717) is 44.2 Å². The summed E-state index contributed by atoms with van der Waals surface area (Å²) in [6.07, 6.45) is 2.37. The zero-order chi connectivity index (χ0) is 21.4. The average molecular weight is 442 g/mol. The van der Waals surface area contributed by atoms with Gasteiger partial charge in [0.25, 0.3) is 11.8 Å². The first-order valence-electron chi connectivity index (χ1n) is 10.3. The fraction of sp³-hybridized carbons (Fsp3) is 0.450. The first kappa shape index (κ1) is 19.9. The van der Waals surface area contributed by atoms with Crippen molar-refractivity contribution in [2.45, 2.75) is 45.2 Å². The van der Waals surface area contributed by atoms with Gasteiger partial charge in [0.1, 0.15) is 17.0 Å². The summed E-state index contributed by atoms with van der Waals surface area (Å²) in [6.45, 7) is 4.91. The van der Waals surface area contributed by atoms with Crippen LogP contribution in [0.1, 0.15) is 45.6 Å².